The highest BCUT2D eigenvalue weighted by Crippen LogP contribution is 2.45. The van der Waals surface area contributed by atoms with Crippen molar-refractivity contribution in [1.29, 1.82) is 0 Å². The zero-order valence-electron chi connectivity index (χ0n) is 67.2. The third-order valence-corrected chi connectivity index (χ3v) is 21.2. The van der Waals surface area contributed by atoms with Crippen LogP contribution in [0, 0.1) is 23.7 Å². The molecule has 3 N–H and O–H groups in total. The number of hydrogen-bond acceptors (Lipinski definition) is 15. The van der Waals surface area contributed by atoms with Crippen LogP contribution in [0.4, 0.5) is 0 Å². The van der Waals surface area contributed by atoms with Gasteiger partial charge in [0.15, 0.2) is 12.2 Å². The lowest BCUT2D eigenvalue weighted by Crippen LogP contribution is -2.30. The van der Waals surface area contributed by atoms with Crippen molar-refractivity contribution < 1.29 is 80.2 Å². The van der Waals surface area contributed by atoms with Crippen LogP contribution in [-0.2, 0) is 65.4 Å². The zero-order chi connectivity index (χ0) is 75.3. The molecule has 3 unspecified atom stereocenters. The fourth-order valence-corrected chi connectivity index (χ4v) is 14.4. The second kappa shape index (κ2) is 72.0. The smallest absolute Gasteiger partial charge is 0.462 e. The Bertz CT molecular complexity index is 1990. The van der Waals surface area contributed by atoms with E-state index in [4.69, 9.17) is 37.0 Å². The number of esters is 4. The molecule has 5 atom stereocenters. The van der Waals surface area contributed by atoms with Gasteiger partial charge in [0.2, 0.25) is 0 Å². The van der Waals surface area contributed by atoms with E-state index >= 15 is 0 Å². The van der Waals surface area contributed by atoms with Crippen molar-refractivity contribution in [3.63, 3.8) is 0 Å². The largest absolute Gasteiger partial charge is 0.472 e. The van der Waals surface area contributed by atoms with Crippen LogP contribution < -0.4 is 0 Å². The molecular weight excluding hydrogens is 1330 g/mol. The van der Waals surface area contributed by atoms with Crippen molar-refractivity contribution in [2.45, 2.75) is 446 Å². The van der Waals surface area contributed by atoms with E-state index in [0.29, 0.717) is 31.6 Å². The van der Waals surface area contributed by atoms with Crippen molar-refractivity contribution in [3.05, 3.63) is 0 Å². The molecule has 0 spiro atoms. The van der Waals surface area contributed by atoms with Crippen LogP contribution >= 0.6 is 15.6 Å². The Kier molecular flexibility index (Phi) is 70.6. The van der Waals surface area contributed by atoms with E-state index < -0.39 is 97.5 Å². The molecule has 0 rings (SSSR count). The summed E-state index contributed by atoms with van der Waals surface area (Å²) in [6.45, 7) is 14.2. The first-order chi connectivity index (χ1) is 49.1. The van der Waals surface area contributed by atoms with Gasteiger partial charge in [0, 0.05) is 25.7 Å². The quantitative estimate of drug-likeness (QED) is 0.0222. The molecule has 0 aliphatic rings. The Morgan fingerprint density at radius 3 is 0.608 bits per heavy atom. The fraction of sp³-hybridized carbons (Fsp3) is 0.952. The summed E-state index contributed by atoms with van der Waals surface area (Å²) < 4.78 is 68.7. The third kappa shape index (κ3) is 76.3. The number of hydrogen-bond donors (Lipinski definition) is 3. The summed E-state index contributed by atoms with van der Waals surface area (Å²) in [5, 5.41) is 10.6. The molecule has 0 amide bonds. The van der Waals surface area contributed by atoms with Gasteiger partial charge in [-0.05, 0) is 49.4 Å². The average Bonchev–Trinajstić information content (AvgIpc) is 0.934. The minimum atomic E-state index is -4.96. The van der Waals surface area contributed by atoms with Crippen molar-refractivity contribution >= 4 is 39.5 Å². The maximum atomic E-state index is 13.1. The predicted octanol–water partition coefficient (Wildman–Crippen LogP) is 24.8. The summed E-state index contributed by atoms with van der Waals surface area (Å²) in [6.07, 6.45) is 59.9. The van der Waals surface area contributed by atoms with Gasteiger partial charge in [0.1, 0.15) is 19.3 Å². The van der Waals surface area contributed by atoms with E-state index in [2.05, 4.69) is 55.4 Å². The molecule has 19 heteroatoms. The molecule has 0 aromatic rings. The SMILES string of the molecule is CC(C)CCCCCCCCCCCCCCCCCCCCC(=O)O[C@H](COC(=O)CCCCCCCCC(C)C)COP(=O)(O)OCC(O)COP(=O)(O)OC[C@@H](COC(=O)CCCCCCCCCCCCCCC(C)C)OC(=O)CCCCCCCCCCCCCCCCC(C)C. The van der Waals surface area contributed by atoms with Gasteiger partial charge in [-0.2, -0.15) is 0 Å². The molecule has 0 fully saturated rings. The molecular formula is C83H162O17P2. The number of rotatable bonds is 80. The lowest BCUT2D eigenvalue weighted by molar-refractivity contribution is -0.161. The maximum absolute atomic E-state index is 13.1. The van der Waals surface area contributed by atoms with Gasteiger partial charge in [-0.15, -0.1) is 0 Å². The minimum absolute atomic E-state index is 0.107. The molecule has 0 aliphatic heterocycles. The van der Waals surface area contributed by atoms with Gasteiger partial charge in [0.05, 0.1) is 26.4 Å². The van der Waals surface area contributed by atoms with Gasteiger partial charge in [-0.1, -0.05) is 376 Å². The number of unbranched alkanes of at least 4 members (excludes halogenated alkanes) is 46. The first-order valence-electron chi connectivity index (χ1n) is 42.7. The molecule has 0 aliphatic carbocycles. The summed E-state index contributed by atoms with van der Waals surface area (Å²) in [6, 6.07) is 0. The molecule has 17 nitrogen and oxygen atoms in total. The first kappa shape index (κ1) is 100. The van der Waals surface area contributed by atoms with Crippen LogP contribution in [0.15, 0.2) is 0 Å². The number of phosphoric acid groups is 2. The highest BCUT2D eigenvalue weighted by molar-refractivity contribution is 7.47. The van der Waals surface area contributed by atoms with Crippen LogP contribution in [0.3, 0.4) is 0 Å². The van der Waals surface area contributed by atoms with E-state index in [1.807, 2.05) is 0 Å². The second-order valence-electron chi connectivity index (χ2n) is 31.8. The summed E-state index contributed by atoms with van der Waals surface area (Å²) in [7, 11) is -9.92. The normalized spacial score (nSPS) is 14.0. The van der Waals surface area contributed by atoms with Crippen LogP contribution in [0.2, 0.25) is 0 Å². The fourth-order valence-electron chi connectivity index (χ4n) is 12.8. The number of carbonyl (C=O) groups is 4. The average molecular weight is 1490 g/mol. The summed E-state index contributed by atoms with van der Waals surface area (Å²) in [5.74, 6) is 0.963. The molecule has 0 saturated heterocycles. The molecule has 0 aromatic heterocycles. The van der Waals surface area contributed by atoms with Crippen molar-refractivity contribution in [3.8, 4) is 0 Å². The number of phosphoric ester groups is 2. The van der Waals surface area contributed by atoms with Crippen LogP contribution in [0.25, 0.3) is 0 Å². The first-order valence-corrected chi connectivity index (χ1v) is 45.7. The van der Waals surface area contributed by atoms with Crippen molar-refractivity contribution in [2.75, 3.05) is 39.6 Å². The lowest BCUT2D eigenvalue weighted by atomic mass is 10.0. The summed E-state index contributed by atoms with van der Waals surface area (Å²) in [4.78, 5) is 73.1. The van der Waals surface area contributed by atoms with Crippen LogP contribution in [0.1, 0.15) is 428 Å². The summed E-state index contributed by atoms with van der Waals surface area (Å²) in [5.41, 5.74) is 0. The molecule has 0 radical (unpaired) electrons. The van der Waals surface area contributed by atoms with Gasteiger partial charge in [0.25, 0.3) is 0 Å². The summed E-state index contributed by atoms with van der Waals surface area (Å²) >= 11 is 0. The number of aliphatic hydroxyl groups is 1. The monoisotopic (exact) mass is 1490 g/mol. The molecule has 0 aromatic carbocycles. The number of ether oxygens (including phenoxy) is 4. The highest BCUT2D eigenvalue weighted by atomic mass is 31.2. The van der Waals surface area contributed by atoms with Crippen LogP contribution in [0.5, 0.6) is 0 Å². The Morgan fingerprint density at radius 2 is 0.412 bits per heavy atom. The lowest BCUT2D eigenvalue weighted by Gasteiger charge is -2.21. The van der Waals surface area contributed by atoms with E-state index in [1.165, 1.54) is 225 Å². The van der Waals surface area contributed by atoms with E-state index in [1.54, 1.807) is 0 Å². The van der Waals surface area contributed by atoms with Gasteiger partial charge < -0.3 is 33.8 Å². The van der Waals surface area contributed by atoms with Crippen LogP contribution in [-0.4, -0.2) is 96.7 Å². The van der Waals surface area contributed by atoms with Gasteiger partial charge >= 0.3 is 39.5 Å². The highest BCUT2D eigenvalue weighted by Gasteiger charge is 2.30. The van der Waals surface area contributed by atoms with Crippen molar-refractivity contribution in [1.82, 2.24) is 0 Å². The molecule has 0 heterocycles. The Labute approximate surface area is 626 Å². The third-order valence-electron chi connectivity index (χ3n) is 19.3. The predicted molar refractivity (Wildman–Crippen MR) is 418 cm³/mol. The number of aliphatic hydroxyl groups excluding tert-OH is 1. The topological polar surface area (TPSA) is 237 Å². The number of carbonyl (C=O) groups excluding carboxylic acids is 4. The van der Waals surface area contributed by atoms with Gasteiger partial charge in [-0.3, -0.25) is 37.3 Å². The Balaban J connectivity index is 5.19. The minimum Gasteiger partial charge on any atom is -0.462 e. The molecule has 606 valence electrons. The molecule has 0 bridgehead atoms. The van der Waals surface area contributed by atoms with E-state index in [-0.39, 0.29) is 25.7 Å². The maximum Gasteiger partial charge on any atom is 0.472 e. The molecule has 102 heavy (non-hydrogen) atoms. The second-order valence-corrected chi connectivity index (χ2v) is 34.7. The zero-order valence-corrected chi connectivity index (χ0v) is 69.0. The molecule has 0 saturated carbocycles. The van der Waals surface area contributed by atoms with E-state index in [0.717, 1.165) is 114 Å². The Hall–Kier alpha value is -1.94. The van der Waals surface area contributed by atoms with Crippen molar-refractivity contribution in [2.24, 2.45) is 23.7 Å². The standard InChI is InChI=1S/C83H162O17P2/c1-73(2)59-51-43-35-29-23-17-13-11-9-10-12-14-19-27-33-39-49-57-66-83(88)100-79(70-94-81(86)64-56-48-42-41-46-54-62-76(7)8)72-98-102(91,92)96-68-77(84)67-95-101(89,90)97-71-78(69-93-80(85)63-55-47-38-32-26-22-21-25-31-37-45-53-61-75(5)6)99-82(87)65-58-50-40-34-28-20-16-15-18-24-30-36-44-52-60-74(3)4/h73-79,84H,9-72H2,1-8H3,(H,89,90)(H,91,92)/t77?,78-,79-/m1/s1. The Morgan fingerprint density at radius 1 is 0.245 bits per heavy atom. The van der Waals surface area contributed by atoms with E-state index in [9.17, 15) is 43.2 Å². The van der Waals surface area contributed by atoms with Gasteiger partial charge in [-0.25, -0.2) is 9.13 Å².